The third-order valence-corrected chi connectivity index (χ3v) is 2.52. The zero-order chi connectivity index (χ0) is 11.4. The number of rotatable bonds is 3. The molecule has 6 nitrogen and oxygen atoms in total. The molecule has 0 aromatic heterocycles. The molecule has 1 aliphatic heterocycles. The van der Waals surface area contributed by atoms with Gasteiger partial charge >= 0.3 is 11.9 Å². The van der Waals surface area contributed by atoms with Crippen LogP contribution in [-0.4, -0.2) is 34.6 Å². The van der Waals surface area contributed by atoms with E-state index in [2.05, 4.69) is 5.32 Å². The van der Waals surface area contributed by atoms with E-state index in [0.29, 0.717) is 19.4 Å². The first-order valence-electron chi connectivity index (χ1n) is 4.74. The summed E-state index contributed by atoms with van der Waals surface area (Å²) in [6.07, 6.45) is 1.04. The van der Waals surface area contributed by atoms with E-state index in [0.717, 1.165) is 0 Å². The highest BCUT2D eigenvalue weighted by Gasteiger charge is 2.36. The van der Waals surface area contributed by atoms with Gasteiger partial charge in [0.2, 0.25) is 5.91 Å². The third-order valence-electron chi connectivity index (χ3n) is 2.52. The molecule has 1 amide bonds. The van der Waals surface area contributed by atoms with Crippen molar-refractivity contribution in [2.75, 3.05) is 6.54 Å². The Hall–Kier alpha value is -1.59. The molecular formula is C9H13NO5. The number of nitrogens with one attached hydrogen (secondary N) is 1. The van der Waals surface area contributed by atoms with Crippen LogP contribution in [0.5, 0.6) is 0 Å². The highest BCUT2D eigenvalue weighted by atomic mass is 16.4. The number of aliphatic carboxylic acids is 2. The highest BCUT2D eigenvalue weighted by molar-refractivity contribution is 5.94. The second-order valence-electron chi connectivity index (χ2n) is 3.61. The molecular weight excluding hydrogens is 202 g/mol. The van der Waals surface area contributed by atoms with E-state index in [1.807, 2.05) is 0 Å². The van der Waals surface area contributed by atoms with E-state index in [1.54, 1.807) is 0 Å². The van der Waals surface area contributed by atoms with Gasteiger partial charge in [-0.15, -0.1) is 0 Å². The maximum atomic E-state index is 11.1. The minimum Gasteiger partial charge on any atom is -0.481 e. The number of carboxylic acid groups (broad SMARTS) is 2. The van der Waals surface area contributed by atoms with E-state index in [-0.39, 0.29) is 12.3 Å². The predicted octanol–water partition coefficient (Wildman–Crippen LogP) is -0.312. The van der Waals surface area contributed by atoms with Crippen molar-refractivity contribution in [2.24, 2.45) is 11.8 Å². The van der Waals surface area contributed by atoms with Gasteiger partial charge in [0.25, 0.3) is 0 Å². The number of hydrogen-bond acceptors (Lipinski definition) is 3. The van der Waals surface area contributed by atoms with Gasteiger partial charge in [-0.3, -0.25) is 14.4 Å². The number of carbonyl (C=O) groups excluding carboxylic acids is 1. The van der Waals surface area contributed by atoms with Gasteiger partial charge in [-0.25, -0.2) is 0 Å². The lowest BCUT2D eigenvalue weighted by molar-refractivity contribution is -0.157. The Labute approximate surface area is 86.3 Å². The Morgan fingerprint density at radius 1 is 1.33 bits per heavy atom. The monoisotopic (exact) mass is 215 g/mol. The first kappa shape index (κ1) is 11.5. The molecule has 0 bridgehead atoms. The van der Waals surface area contributed by atoms with Crippen LogP contribution in [-0.2, 0) is 14.4 Å². The Morgan fingerprint density at radius 2 is 1.93 bits per heavy atom. The van der Waals surface area contributed by atoms with Crippen LogP contribution in [0.1, 0.15) is 19.3 Å². The van der Waals surface area contributed by atoms with Crippen molar-refractivity contribution in [2.45, 2.75) is 19.3 Å². The molecule has 1 unspecified atom stereocenters. The standard InChI is InChI=1S/C9H13NO5/c11-6-4-5(2-1-3-10-6)7(8(12)13)9(14)15/h5,7H,1-4H2,(H,10,11)(H,12,13)(H,14,15). The lowest BCUT2D eigenvalue weighted by atomic mass is 9.86. The Balaban J connectivity index is 2.77. The SMILES string of the molecule is O=C1CC(C(C(=O)O)C(=O)O)CCCN1. The second kappa shape index (κ2) is 4.77. The van der Waals surface area contributed by atoms with Crippen molar-refractivity contribution < 1.29 is 24.6 Å². The van der Waals surface area contributed by atoms with Crippen LogP contribution in [0.3, 0.4) is 0 Å². The smallest absolute Gasteiger partial charge is 0.318 e. The lowest BCUT2D eigenvalue weighted by Gasteiger charge is -2.17. The summed E-state index contributed by atoms with van der Waals surface area (Å²) in [6, 6.07) is 0. The summed E-state index contributed by atoms with van der Waals surface area (Å²) in [7, 11) is 0. The molecule has 1 rings (SSSR count). The van der Waals surface area contributed by atoms with Gasteiger partial charge in [-0.1, -0.05) is 0 Å². The Morgan fingerprint density at radius 3 is 2.47 bits per heavy atom. The largest absolute Gasteiger partial charge is 0.481 e. The molecule has 1 atom stereocenters. The number of carbonyl (C=O) groups is 3. The summed E-state index contributed by atoms with van der Waals surface area (Å²) in [5.74, 6) is -5.11. The average Bonchev–Trinajstić information content (AvgIpc) is 2.28. The zero-order valence-corrected chi connectivity index (χ0v) is 8.10. The van der Waals surface area contributed by atoms with Crippen LogP contribution >= 0.6 is 0 Å². The van der Waals surface area contributed by atoms with Crippen molar-refractivity contribution in [1.82, 2.24) is 5.32 Å². The molecule has 0 aromatic rings. The molecule has 0 saturated carbocycles. The summed E-state index contributed by atoms with van der Waals surface area (Å²) < 4.78 is 0. The molecule has 84 valence electrons. The minimum atomic E-state index is -1.48. The molecule has 1 saturated heterocycles. The normalized spacial score (nSPS) is 21.9. The summed E-state index contributed by atoms with van der Waals surface area (Å²) in [4.78, 5) is 32.6. The van der Waals surface area contributed by atoms with Crippen LogP contribution in [0.25, 0.3) is 0 Å². The van der Waals surface area contributed by atoms with E-state index < -0.39 is 23.8 Å². The number of amides is 1. The van der Waals surface area contributed by atoms with Crippen molar-refractivity contribution in [3.63, 3.8) is 0 Å². The van der Waals surface area contributed by atoms with Gasteiger partial charge in [0.15, 0.2) is 5.92 Å². The zero-order valence-electron chi connectivity index (χ0n) is 8.10. The molecule has 1 aliphatic rings. The first-order chi connectivity index (χ1) is 7.02. The molecule has 0 aliphatic carbocycles. The predicted molar refractivity (Wildman–Crippen MR) is 49.1 cm³/mol. The quantitative estimate of drug-likeness (QED) is 0.560. The van der Waals surface area contributed by atoms with Crippen molar-refractivity contribution in [3.05, 3.63) is 0 Å². The van der Waals surface area contributed by atoms with Crippen molar-refractivity contribution >= 4 is 17.8 Å². The fourth-order valence-electron chi connectivity index (χ4n) is 1.80. The van der Waals surface area contributed by atoms with E-state index in [1.165, 1.54) is 0 Å². The van der Waals surface area contributed by atoms with Gasteiger partial charge in [0, 0.05) is 13.0 Å². The van der Waals surface area contributed by atoms with E-state index >= 15 is 0 Å². The second-order valence-corrected chi connectivity index (χ2v) is 3.61. The Kier molecular flexibility index (Phi) is 3.65. The molecule has 0 radical (unpaired) electrons. The number of carboxylic acids is 2. The van der Waals surface area contributed by atoms with Gasteiger partial charge in [-0.05, 0) is 18.8 Å². The van der Waals surface area contributed by atoms with Crippen LogP contribution in [0, 0.1) is 11.8 Å². The summed E-state index contributed by atoms with van der Waals surface area (Å²) >= 11 is 0. The van der Waals surface area contributed by atoms with Gasteiger partial charge in [0.05, 0.1) is 0 Å². The van der Waals surface area contributed by atoms with Crippen LogP contribution in [0.15, 0.2) is 0 Å². The maximum absolute atomic E-state index is 11.1. The van der Waals surface area contributed by atoms with Crippen molar-refractivity contribution in [3.8, 4) is 0 Å². The molecule has 0 spiro atoms. The molecule has 0 aromatic carbocycles. The summed E-state index contributed by atoms with van der Waals surface area (Å²) in [6.45, 7) is 0.487. The molecule has 1 heterocycles. The molecule has 6 heteroatoms. The van der Waals surface area contributed by atoms with Gasteiger partial charge in [-0.2, -0.15) is 0 Å². The fourth-order valence-corrected chi connectivity index (χ4v) is 1.80. The van der Waals surface area contributed by atoms with E-state index in [4.69, 9.17) is 10.2 Å². The lowest BCUT2D eigenvalue weighted by Crippen LogP contribution is -2.33. The van der Waals surface area contributed by atoms with Crippen LogP contribution in [0.2, 0.25) is 0 Å². The number of hydrogen-bond donors (Lipinski definition) is 3. The minimum absolute atomic E-state index is 0.0245. The van der Waals surface area contributed by atoms with Gasteiger partial charge in [0.1, 0.15) is 0 Å². The molecule has 1 fully saturated rings. The maximum Gasteiger partial charge on any atom is 0.318 e. The van der Waals surface area contributed by atoms with Gasteiger partial charge < -0.3 is 15.5 Å². The van der Waals surface area contributed by atoms with E-state index in [9.17, 15) is 14.4 Å². The average molecular weight is 215 g/mol. The van der Waals surface area contributed by atoms with Crippen LogP contribution in [0.4, 0.5) is 0 Å². The van der Waals surface area contributed by atoms with Crippen molar-refractivity contribution in [1.29, 1.82) is 0 Å². The molecule has 15 heavy (non-hydrogen) atoms. The highest BCUT2D eigenvalue weighted by Crippen LogP contribution is 2.24. The van der Waals surface area contributed by atoms with Crippen LogP contribution < -0.4 is 5.32 Å². The summed E-state index contributed by atoms with van der Waals surface area (Å²) in [5.41, 5.74) is 0. The fraction of sp³-hybridized carbons (Fsp3) is 0.667. The third kappa shape index (κ3) is 2.93. The Bertz CT molecular complexity index is 274. The summed E-state index contributed by atoms with van der Waals surface area (Å²) in [5, 5.41) is 20.1. The topological polar surface area (TPSA) is 104 Å². The molecule has 3 N–H and O–H groups in total. The first-order valence-corrected chi connectivity index (χ1v) is 4.74.